The monoisotopic (exact) mass is 279 g/mol. The number of ketones is 1. The van der Waals surface area contributed by atoms with E-state index in [1.54, 1.807) is 12.1 Å². The molecule has 20 heavy (non-hydrogen) atoms. The highest BCUT2D eigenvalue weighted by Gasteiger charge is 2.32. The lowest BCUT2D eigenvalue weighted by atomic mass is 10.0. The Hall–Kier alpha value is -1.26. The Morgan fingerprint density at radius 1 is 1.45 bits per heavy atom. The van der Waals surface area contributed by atoms with Crippen molar-refractivity contribution in [2.75, 3.05) is 13.2 Å². The molecule has 0 radical (unpaired) electrons. The van der Waals surface area contributed by atoms with E-state index in [-0.39, 0.29) is 29.8 Å². The highest BCUT2D eigenvalue weighted by atomic mass is 19.1. The molecule has 110 valence electrons. The van der Waals surface area contributed by atoms with Crippen LogP contribution in [0.5, 0.6) is 0 Å². The largest absolute Gasteiger partial charge is 0.376 e. The number of carbonyl (C=O) groups is 1. The van der Waals surface area contributed by atoms with Gasteiger partial charge in [0.15, 0.2) is 5.78 Å². The molecule has 2 rings (SSSR count). The van der Waals surface area contributed by atoms with Crippen LogP contribution in [-0.4, -0.2) is 42.0 Å². The van der Waals surface area contributed by atoms with Gasteiger partial charge in [-0.05, 0) is 44.5 Å². The summed E-state index contributed by atoms with van der Waals surface area (Å²) in [6.45, 7) is 7.47. The summed E-state index contributed by atoms with van der Waals surface area (Å²) in [4.78, 5) is 14.7. The number of halogens is 1. The van der Waals surface area contributed by atoms with Crippen LogP contribution in [0.1, 0.15) is 37.6 Å². The zero-order valence-corrected chi connectivity index (χ0v) is 12.3. The fourth-order valence-electron chi connectivity index (χ4n) is 2.70. The van der Waals surface area contributed by atoms with Crippen molar-refractivity contribution < 1.29 is 13.9 Å². The Labute approximate surface area is 119 Å². The first-order valence-electron chi connectivity index (χ1n) is 7.20. The topological polar surface area (TPSA) is 29.5 Å². The second kappa shape index (κ2) is 6.46. The summed E-state index contributed by atoms with van der Waals surface area (Å²) in [5, 5.41) is 0. The van der Waals surface area contributed by atoms with E-state index >= 15 is 0 Å². The normalized spacial score (nSPS) is 25.4. The van der Waals surface area contributed by atoms with Crippen molar-refractivity contribution in [3.05, 3.63) is 35.6 Å². The van der Waals surface area contributed by atoms with Gasteiger partial charge < -0.3 is 4.74 Å². The van der Waals surface area contributed by atoms with Crippen molar-refractivity contribution >= 4 is 5.78 Å². The Bertz CT molecular complexity index is 460. The Balaban J connectivity index is 2.13. The van der Waals surface area contributed by atoms with E-state index in [9.17, 15) is 9.18 Å². The number of nitrogens with zero attached hydrogens (tertiary/aromatic N) is 1. The maximum absolute atomic E-state index is 12.9. The lowest BCUT2D eigenvalue weighted by molar-refractivity contribution is -0.0648. The molecule has 0 saturated carbocycles. The molecule has 0 aliphatic carbocycles. The number of Topliss-reactive ketones (excluding diaryl/α,β-unsaturated/α-hetero) is 1. The van der Waals surface area contributed by atoms with Crippen molar-refractivity contribution in [2.24, 2.45) is 0 Å². The standard InChI is InChI=1S/C16H22FNO2/c1-4-15-10-20-11(2)9-18(15)12(3)16(19)13-5-7-14(17)8-6-13/h5-8,11-12,15H,4,9-10H2,1-3H3. The molecule has 0 amide bonds. The molecule has 1 aromatic rings. The summed E-state index contributed by atoms with van der Waals surface area (Å²) >= 11 is 0. The minimum atomic E-state index is -0.319. The molecule has 1 heterocycles. The van der Waals surface area contributed by atoms with E-state index in [0.29, 0.717) is 12.2 Å². The molecular weight excluding hydrogens is 257 g/mol. The molecular formula is C16H22FNO2. The summed E-state index contributed by atoms with van der Waals surface area (Å²) in [7, 11) is 0. The van der Waals surface area contributed by atoms with Gasteiger partial charge in [0.2, 0.25) is 0 Å². The van der Waals surface area contributed by atoms with Gasteiger partial charge in [0.1, 0.15) is 5.82 Å². The van der Waals surface area contributed by atoms with E-state index < -0.39 is 0 Å². The highest BCUT2D eigenvalue weighted by Crippen LogP contribution is 2.20. The Morgan fingerprint density at radius 2 is 2.10 bits per heavy atom. The molecule has 1 aromatic carbocycles. The van der Waals surface area contributed by atoms with Gasteiger partial charge in [0.25, 0.3) is 0 Å². The van der Waals surface area contributed by atoms with Gasteiger partial charge in [-0.15, -0.1) is 0 Å². The van der Waals surface area contributed by atoms with Gasteiger partial charge in [-0.3, -0.25) is 9.69 Å². The second-order valence-corrected chi connectivity index (χ2v) is 5.45. The lowest BCUT2D eigenvalue weighted by Gasteiger charge is -2.41. The van der Waals surface area contributed by atoms with Gasteiger partial charge >= 0.3 is 0 Å². The maximum atomic E-state index is 12.9. The number of morpholine rings is 1. The van der Waals surface area contributed by atoms with E-state index in [4.69, 9.17) is 4.74 Å². The van der Waals surface area contributed by atoms with Crippen LogP contribution in [0, 0.1) is 5.82 Å². The van der Waals surface area contributed by atoms with E-state index in [1.165, 1.54) is 12.1 Å². The van der Waals surface area contributed by atoms with Gasteiger partial charge in [-0.25, -0.2) is 4.39 Å². The minimum Gasteiger partial charge on any atom is -0.376 e. The number of hydrogen-bond donors (Lipinski definition) is 0. The fraction of sp³-hybridized carbons (Fsp3) is 0.562. The quantitative estimate of drug-likeness (QED) is 0.794. The molecule has 0 spiro atoms. The third-order valence-corrected chi connectivity index (χ3v) is 3.99. The maximum Gasteiger partial charge on any atom is 0.179 e. The molecule has 1 aliphatic heterocycles. The van der Waals surface area contributed by atoms with Crippen LogP contribution in [0.3, 0.4) is 0 Å². The second-order valence-electron chi connectivity index (χ2n) is 5.45. The highest BCUT2D eigenvalue weighted by molar-refractivity contribution is 5.99. The molecule has 1 fully saturated rings. The van der Waals surface area contributed by atoms with E-state index in [2.05, 4.69) is 11.8 Å². The van der Waals surface area contributed by atoms with Crippen molar-refractivity contribution in [1.82, 2.24) is 4.90 Å². The Morgan fingerprint density at radius 3 is 2.70 bits per heavy atom. The molecule has 0 N–H and O–H groups in total. The van der Waals surface area contributed by atoms with Crippen LogP contribution in [0.4, 0.5) is 4.39 Å². The predicted molar refractivity (Wildman–Crippen MR) is 76.4 cm³/mol. The van der Waals surface area contributed by atoms with Crippen LogP contribution in [-0.2, 0) is 4.74 Å². The SMILES string of the molecule is CCC1COC(C)CN1C(C)C(=O)c1ccc(F)cc1. The molecule has 1 saturated heterocycles. The molecule has 4 heteroatoms. The number of hydrogen-bond acceptors (Lipinski definition) is 3. The van der Waals surface area contributed by atoms with Crippen molar-refractivity contribution in [1.29, 1.82) is 0 Å². The van der Waals surface area contributed by atoms with Crippen LogP contribution >= 0.6 is 0 Å². The van der Waals surface area contributed by atoms with Gasteiger partial charge in [0.05, 0.1) is 18.8 Å². The van der Waals surface area contributed by atoms with Crippen LogP contribution in [0.15, 0.2) is 24.3 Å². The third kappa shape index (κ3) is 3.25. The zero-order valence-electron chi connectivity index (χ0n) is 12.3. The Kier molecular flexibility index (Phi) is 4.89. The molecule has 3 atom stereocenters. The molecule has 0 bridgehead atoms. The number of rotatable bonds is 4. The van der Waals surface area contributed by atoms with Crippen LogP contribution < -0.4 is 0 Å². The number of carbonyl (C=O) groups excluding carboxylic acids is 1. The smallest absolute Gasteiger partial charge is 0.179 e. The first-order chi connectivity index (χ1) is 9.52. The van der Waals surface area contributed by atoms with Crippen LogP contribution in [0.2, 0.25) is 0 Å². The predicted octanol–water partition coefficient (Wildman–Crippen LogP) is 2.90. The van der Waals surface area contributed by atoms with Crippen LogP contribution in [0.25, 0.3) is 0 Å². The lowest BCUT2D eigenvalue weighted by Crippen LogP contribution is -2.54. The molecule has 1 aliphatic rings. The summed E-state index contributed by atoms with van der Waals surface area (Å²) in [6.07, 6.45) is 1.09. The average Bonchev–Trinajstić information content (AvgIpc) is 2.46. The van der Waals surface area contributed by atoms with Crippen molar-refractivity contribution in [3.63, 3.8) is 0 Å². The van der Waals surface area contributed by atoms with Crippen molar-refractivity contribution in [2.45, 2.75) is 45.4 Å². The first kappa shape index (κ1) is 15.1. The van der Waals surface area contributed by atoms with Gasteiger partial charge in [-0.1, -0.05) is 6.92 Å². The zero-order chi connectivity index (χ0) is 14.7. The minimum absolute atomic E-state index is 0.0394. The fourth-order valence-corrected chi connectivity index (χ4v) is 2.70. The van der Waals surface area contributed by atoms with Gasteiger partial charge in [0, 0.05) is 18.2 Å². The summed E-state index contributed by atoms with van der Waals surface area (Å²) in [6, 6.07) is 5.83. The summed E-state index contributed by atoms with van der Waals surface area (Å²) in [5.74, 6) is -0.279. The third-order valence-electron chi connectivity index (χ3n) is 3.99. The molecule has 3 unspecified atom stereocenters. The average molecular weight is 279 g/mol. The van der Waals surface area contributed by atoms with E-state index in [1.807, 2.05) is 13.8 Å². The molecule has 3 nitrogen and oxygen atoms in total. The summed E-state index contributed by atoms with van der Waals surface area (Å²) < 4.78 is 18.6. The first-order valence-corrected chi connectivity index (χ1v) is 7.20. The van der Waals surface area contributed by atoms with E-state index in [0.717, 1.165) is 13.0 Å². The van der Waals surface area contributed by atoms with Crippen molar-refractivity contribution in [3.8, 4) is 0 Å². The number of ether oxygens (including phenoxy) is 1. The molecule has 0 aromatic heterocycles. The van der Waals surface area contributed by atoms with Gasteiger partial charge in [-0.2, -0.15) is 0 Å². The summed E-state index contributed by atoms with van der Waals surface area (Å²) in [5.41, 5.74) is 0.563. The number of benzene rings is 1.